The molecular formula is C12H16N6O. The Balaban J connectivity index is 1.87. The van der Waals surface area contributed by atoms with Crippen LogP contribution in [0.3, 0.4) is 0 Å². The number of carbonyl (C=O) groups is 1. The van der Waals surface area contributed by atoms with E-state index >= 15 is 0 Å². The molecule has 2 N–H and O–H groups in total. The van der Waals surface area contributed by atoms with Gasteiger partial charge in [-0.3, -0.25) is 9.78 Å². The number of anilines is 1. The largest absolute Gasteiger partial charge is 0.369 e. The van der Waals surface area contributed by atoms with E-state index in [1.54, 1.807) is 18.7 Å². The average Bonchev–Trinajstić information content (AvgIpc) is 2.92. The third-order valence-electron chi connectivity index (χ3n) is 2.44. The first-order valence-corrected chi connectivity index (χ1v) is 6.09. The molecule has 0 saturated carbocycles. The highest BCUT2D eigenvalue weighted by molar-refractivity contribution is 5.92. The van der Waals surface area contributed by atoms with Crippen LogP contribution in [-0.2, 0) is 6.54 Å². The topological polar surface area (TPSA) is 84.7 Å². The average molecular weight is 260 g/mol. The molecule has 0 aliphatic rings. The summed E-state index contributed by atoms with van der Waals surface area (Å²) in [4.78, 5) is 23.9. The molecule has 0 radical (unpaired) electrons. The van der Waals surface area contributed by atoms with Gasteiger partial charge in [0.25, 0.3) is 5.91 Å². The van der Waals surface area contributed by atoms with Crippen LogP contribution in [0.25, 0.3) is 0 Å². The van der Waals surface area contributed by atoms with Crippen LogP contribution in [-0.4, -0.2) is 38.5 Å². The van der Waals surface area contributed by atoms with Crippen molar-refractivity contribution in [3.8, 4) is 0 Å². The number of rotatable bonds is 6. The lowest BCUT2D eigenvalue weighted by Crippen LogP contribution is -2.28. The van der Waals surface area contributed by atoms with Gasteiger partial charge < -0.3 is 15.2 Å². The highest BCUT2D eigenvalue weighted by atomic mass is 16.1. The minimum atomic E-state index is -0.229. The summed E-state index contributed by atoms with van der Waals surface area (Å²) >= 11 is 0. The molecule has 2 aromatic heterocycles. The molecule has 0 aliphatic heterocycles. The number of carbonyl (C=O) groups excluding carboxylic acids is 1. The number of aromatic nitrogens is 4. The maximum atomic E-state index is 11.9. The smallest absolute Gasteiger partial charge is 0.271 e. The molecule has 1 amide bonds. The highest BCUT2D eigenvalue weighted by Gasteiger charge is 2.07. The molecule has 2 aromatic rings. The number of hydrogen-bond donors (Lipinski definition) is 2. The van der Waals surface area contributed by atoms with E-state index in [2.05, 4.69) is 25.6 Å². The van der Waals surface area contributed by atoms with Crippen LogP contribution in [0, 0.1) is 0 Å². The highest BCUT2D eigenvalue weighted by Crippen LogP contribution is 2.01. The Morgan fingerprint density at radius 3 is 3.00 bits per heavy atom. The first-order chi connectivity index (χ1) is 9.29. The Morgan fingerprint density at radius 2 is 2.26 bits per heavy atom. The summed E-state index contributed by atoms with van der Waals surface area (Å²) in [5.41, 5.74) is 0.309. The zero-order valence-electron chi connectivity index (χ0n) is 10.7. The fourth-order valence-electron chi connectivity index (χ4n) is 1.55. The minimum absolute atomic E-state index is 0.229. The van der Waals surface area contributed by atoms with Gasteiger partial charge in [0.2, 0.25) is 0 Å². The van der Waals surface area contributed by atoms with E-state index in [1.165, 1.54) is 6.20 Å². The second-order valence-corrected chi connectivity index (χ2v) is 3.88. The molecule has 2 rings (SSSR count). The Bertz CT molecular complexity index is 525. The molecule has 0 spiro atoms. The van der Waals surface area contributed by atoms with Gasteiger partial charge >= 0.3 is 0 Å². The van der Waals surface area contributed by atoms with E-state index in [1.807, 2.05) is 17.7 Å². The van der Waals surface area contributed by atoms with Gasteiger partial charge in [-0.1, -0.05) is 0 Å². The summed E-state index contributed by atoms with van der Waals surface area (Å²) in [6.45, 7) is 3.88. The lowest BCUT2D eigenvalue weighted by molar-refractivity contribution is 0.0947. The van der Waals surface area contributed by atoms with Gasteiger partial charge in [0.15, 0.2) is 0 Å². The molecule has 0 saturated heterocycles. The van der Waals surface area contributed by atoms with Crippen LogP contribution in [0.15, 0.2) is 31.1 Å². The van der Waals surface area contributed by atoms with Crippen molar-refractivity contribution in [1.82, 2.24) is 24.8 Å². The number of imidazole rings is 1. The van der Waals surface area contributed by atoms with E-state index in [-0.39, 0.29) is 5.91 Å². The summed E-state index contributed by atoms with van der Waals surface area (Å²) in [6.07, 6.45) is 8.29. The first kappa shape index (κ1) is 13.0. The normalized spacial score (nSPS) is 10.2. The summed E-state index contributed by atoms with van der Waals surface area (Å²) in [7, 11) is 0. The van der Waals surface area contributed by atoms with Crippen molar-refractivity contribution in [2.45, 2.75) is 13.5 Å². The Hall–Kier alpha value is -2.44. The third kappa shape index (κ3) is 3.77. The van der Waals surface area contributed by atoms with E-state index in [0.29, 0.717) is 24.6 Å². The molecule has 0 atom stereocenters. The maximum Gasteiger partial charge on any atom is 0.271 e. The van der Waals surface area contributed by atoms with Crippen molar-refractivity contribution in [3.63, 3.8) is 0 Å². The zero-order chi connectivity index (χ0) is 13.5. The Kier molecular flexibility index (Phi) is 4.44. The first-order valence-electron chi connectivity index (χ1n) is 6.09. The maximum absolute atomic E-state index is 11.9. The van der Waals surface area contributed by atoms with Crippen LogP contribution in [0.1, 0.15) is 17.4 Å². The number of nitrogens with one attached hydrogen (secondary N) is 2. The lowest BCUT2D eigenvalue weighted by Gasteiger charge is -2.06. The number of nitrogens with zero attached hydrogens (tertiary/aromatic N) is 4. The van der Waals surface area contributed by atoms with Gasteiger partial charge in [-0.25, -0.2) is 9.97 Å². The summed E-state index contributed by atoms with van der Waals surface area (Å²) in [5, 5.41) is 5.80. The summed E-state index contributed by atoms with van der Waals surface area (Å²) < 4.78 is 1.89. The fraction of sp³-hybridized carbons (Fsp3) is 0.333. The lowest BCUT2D eigenvalue weighted by atomic mass is 10.4. The molecule has 7 heteroatoms. The predicted molar refractivity (Wildman–Crippen MR) is 70.8 cm³/mol. The third-order valence-corrected chi connectivity index (χ3v) is 2.44. The van der Waals surface area contributed by atoms with Crippen molar-refractivity contribution in [3.05, 3.63) is 36.8 Å². The molecule has 0 bridgehead atoms. The van der Waals surface area contributed by atoms with Crippen LogP contribution in [0.4, 0.5) is 5.82 Å². The van der Waals surface area contributed by atoms with Gasteiger partial charge in [0.05, 0.1) is 18.7 Å². The standard InChI is InChI=1S/C12H16N6O/c1-2-15-11-8-14-7-10(17-11)12(19)16-4-6-18-5-3-13-9-18/h3,5,7-9H,2,4,6H2,1H3,(H,15,17)(H,16,19). The van der Waals surface area contributed by atoms with Crippen molar-refractivity contribution in [2.75, 3.05) is 18.4 Å². The fourth-order valence-corrected chi connectivity index (χ4v) is 1.55. The molecule has 2 heterocycles. The van der Waals surface area contributed by atoms with Gasteiger partial charge in [0, 0.05) is 32.0 Å². The van der Waals surface area contributed by atoms with Crippen LogP contribution in [0.5, 0.6) is 0 Å². The monoisotopic (exact) mass is 260 g/mol. The second kappa shape index (κ2) is 6.48. The van der Waals surface area contributed by atoms with Crippen molar-refractivity contribution in [2.24, 2.45) is 0 Å². The minimum Gasteiger partial charge on any atom is -0.369 e. The van der Waals surface area contributed by atoms with Crippen molar-refractivity contribution in [1.29, 1.82) is 0 Å². The molecule has 19 heavy (non-hydrogen) atoms. The van der Waals surface area contributed by atoms with Gasteiger partial charge in [-0.2, -0.15) is 0 Å². The Labute approximate surface area is 111 Å². The second-order valence-electron chi connectivity index (χ2n) is 3.88. The molecular weight excluding hydrogens is 244 g/mol. The summed E-state index contributed by atoms with van der Waals surface area (Å²) in [5.74, 6) is 0.372. The van der Waals surface area contributed by atoms with Crippen LogP contribution < -0.4 is 10.6 Å². The van der Waals surface area contributed by atoms with E-state index < -0.39 is 0 Å². The molecule has 0 aromatic carbocycles. The van der Waals surface area contributed by atoms with Gasteiger partial charge in [-0.05, 0) is 6.92 Å². The van der Waals surface area contributed by atoms with Crippen molar-refractivity contribution < 1.29 is 4.79 Å². The SMILES string of the molecule is CCNc1cncc(C(=O)NCCn2ccnc2)n1. The molecule has 100 valence electrons. The van der Waals surface area contributed by atoms with Crippen molar-refractivity contribution >= 4 is 11.7 Å². The van der Waals surface area contributed by atoms with E-state index in [9.17, 15) is 4.79 Å². The van der Waals surface area contributed by atoms with Gasteiger partial charge in [-0.15, -0.1) is 0 Å². The number of amides is 1. The molecule has 7 nitrogen and oxygen atoms in total. The molecule has 0 fully saturated rings. The van der Waals surface area contributed by atoms with Crippen LogP contribution in [0.2, 0.25) is 0 Å². The van der Waals surface area contributed by atoms with E-state index in [4.69, 9.17) is 0 Å². The quantitative estimate of drug-likeness (QED) is 0.791. The zero-order valence-corrected chi connectivity index (χ0v) is 10.7. The summed E-state index contributed by atoms with van der Waals surface area (Å²) in [6, 6.07) is 0. The molecule has 0 unspecified atom stereocenters. The Morgan fingerprint density at radius 1 is 1.37 bits per heavy atom. The molecule has 0 aliphatic carbocycles. The number of hydrogen-bond acceptors (Lipinski definition) is 5. The van der Waals surface area contributed by atoms with Gasteiger partial charge in [0.1, 0.15) is 11.5 Å². The predicted octanol–water partition coefficient (Wildman–Crippen LogP) is 0.535. The van der Waals surface area contributed by atoms with Crippen LogP contribution >= 0.6 is 0 Å². The van der Waals surface area contributed by atoms with E-state index in [0.717, 1.165) is 6.54 Å².